The molecule has 4 rings (SSSR count). The van der Waals surface area contributed by atoms with E-state index in [9.17, 15) is 13.9 Å². The summed E-state index contributed by atoms with van der Waals surface area (Å²) < 4.78 is 36.8. The molecule has 1 aliphatic carbocycles. The van der Waals surface area contributed by atoms with Crippen LogP contribution < -0.4 is 0 Å². The number of aromatic nitrogens is 2. The lowest BCUT2D eigenvalue weighted by atomic mass is 9.82. The molecule has 2 heterocycles. The molecule has 1 unspecified atom stereocenters. The summed E-state index contributed by atoms with van der Waals surface area (Å²) in [7, 11) is 0. The molecule has 1 aromatic carbocycles. The van der Waals surface area contributed by atoms with Crippen LogP contribution in [0.5, 0.6) is 0 Å². The minimum atomic E-state index is -0.822. The minimum Gasteiger partial charge on any atom is -0.393 e. The molecule has 0 radical (unpaired) electrons. The fraction of sp³-hybridized carbons (Fsp3) is 0.550. The monoisotopic (exact) mass is 362 g/mol. The molecule has 6 heteroatoms. The standard InChI is InChI=1S/C20H24F2N2O2/c21-19-16(13-4-6-15(25)7-5-13)8-9-17(20(19)22)14-11-23-24(12-14)18-3-1-2-10-26-18/h8-9,11-13,15,18,25H,1-7,10H2. The summed E-state index contributed by atoms with van der Waals surface area (Å²) in [6, 6.07) is 3.33. The van der Waals surface area contributed by atoms with Gasteiger partial charge in [-0.15, -0.1) is 0 Å². The summed E-state index contributed by atoms with van der Waals surface area (Å²) in [5.41, 5.74) is 1.20. The van der Waals surface area contributed by atoms with Crippen molar-refractivity contribution in [3.63, 3.8) is 0 Å². The predicted molar refractivity (Wildman–Crippen MR) is 93.6 cm³/mol. The van der Waals surface area contributed by atoms with E-state index in [-0.39, 0.29) is 23.8 Å². The molecule has 1 atom stereocenters. The Morgan fingerprint density at radius 3 is 2.58 bits per heavy atom. The Balaban J connectivity index is 1.58. The SMILES string of the molecule is OC1CCC(c2ccc(-c3cnn(C4CCCCO4)c3)c(F)c2F)CC1. The van der Waals surface area contributed by atoms with Crippen LogP contribution in [-0.2, 0) is 4.74 Å². The first-order chi connectivity index (χ1) is 12.6. The Hall–Kier alpha value is -1.79. The Morgan fingerprint density at radius 1 is 1.04 bits per heavy atom. The normalized spacial score (nSPS) is 26.8. The van der Waals surface area contributed by atoms with Crippen molar-refractivity contribution in [3.8, 4) is 11.1 Å². The van der Waals surface area contributed by atoms with E-state index < -0.39 is 11.6 Å². The van der Waals surface area contributed by atoms with Gasteiger partial charge in [-0.3, -0.25) is 0 Å². The summed E-state index contributed by atoms with van der Waals surface area (Å²) in [4.78, 5) is 0. The van der Waals surface area contributed by atoms with Crippen molar-refractivity contribution < 1.29 is 18.6 Å². The molecule has 2 aliphatic rings. The zero-order valence-corrected chi connectivity index (χ0v) is 14.7. The molecule has 26 heavy (non-hydrogen) atoms. The number of halogens is 2. The number of rotatable bonds is 3. The van der Waals surface area contributed by atoms with Crippen molar-refractivity contribution in [3.05, 3.63) is 41.7 Å². The molecular formula is C20H24F2N2O2. The zero-order chi connectivity index (χ0) is 18.1. The third-order valence-electron chi connectivity index (χ3n) is 5.61. The molecule has 1 aliphatic heterocycles. The van der Waals surface area contributed by atoms with E-state index in [4.69, 9.17) is 4.74 Å². The average Bonchev–Trinajstić information content (AvgIpc) is 3.15. The fourth-order valence-corrected chi connectivity index (χ4v) is 4.06. The lowest BCUT2D eigenvalue weighted by Gasteiger charge is -2.26. The van der Waals surface area contributed by atoms with Crippen molar-refractivity contribution >= 4 is 0 Å². The smallest absolute Gasteiger partial charge is 0.167 e. The van der Waals surface area contributed by atoms with E-state index >= 15 is 0 Å². The summed E-state index contributed by atoms with van der Waals surface area (Å²) in [6.45, 7) is 0.702. The minimum absolute atomic E-state index is 0.0275. The second kappa shape index (κ2) is 7.45. The maximum absolute atomic E-state index is 14.7. The number of hydrogen-bond donors (Lipinski definition) is 1. The van der Waals surface area contributed by atoms with Gasteiger partial charge < -0.3 is 9.84 Å². The second-order valence-electron chi connectivity index (χ2n) is 7.37. The molecule has 2 fully saturated rings. The number of ether oxygens (including phenoxy) is 1. The molecule has 2 aromatic rings. The van der Waals surface area contributed by atoms with E-state index in [0.717, 1.165) is 19.3 Å². The van der Waals surface area contributed by atoms with Crippen molar-refractivity contribution in [2.24, 2.45) is 0 Å². The number of aliphatic hydroxyl groups is 1. The molecule has 0 bridgehead atoms. The van der Waals surface area contributed by atoms with E-state index in [1.807, 2.05) is 0 Å². The molecule has 4 nitrogen and oxygen atoms in total. The highest BCUT2D eigenvalue weighted by molar-refractivity contribution is 5.63. The number of hydrogen-bond acceptors (Lipinski definition) is 3. The highest BCUT2D eigenvalue weighted by Crippen LogP contribution is 2.37. The molecule has 1 N–H and O–H groups in total. The molecule has 0 amide bonds. The van der Waals surface area contributed by atoms with Crippen LogP contribution in [0, 0.1) is 11.6 Å². The number of aliphatic hydroxyl groups excluding tert-OH is 1. The lowest BCUT2D eigenvalue weighted by molar-refractivity contribution is -0.0394. The lowest BCUT2D eigenvalue weighted by Crippen LogP contribution is -2.18. The van der Waals surface area contributed by atoms with Gasteiger partial charge in [0, 0.05) is 23.9 Å². The summed E-state index contributed by atoms with van der Waals surface area (Å²) in [5.74, 6) is -1.62. The number of benzene rings is 1. The van der Waals surface area contributed by atoms with Crippen molar-refractivity contribution in [1.29, 1.82) is 0 Å². The summed E-state index contributed by atoms with van der Waals surface area (Å²) in [6.07, 6.45) is 8.51. The van der Waals surface area contributed by atoms with Gasteiger partial charge in [0.25, 0.3) is 0 Å². The van der Waals surface area contributed by atoms with Gasteiger partial charge in [-0.2, -0.15) is 5.10 Å². The third kappa shape index (κ3) is 3.40. The van der Waals surface area contributed by atoms with Crippen LogP contribution in [0.15, 0.2) is 24.5 Å². The van der Waals surface area contributed by atoms with Crippen LogP contribution in [0.4, 0.5) is 8.78 Å². The van der Waals surface area contributed by atoms with E-state index in [1.54, 1.807) is 29.2 Å². The molecule has 140 valence electrons. The average molecular weight is 362 g/mol. The van der Waals surface area contributed by atoms with Crippen LogP contribution in [-0.4, -0.2) is 27.6 Å². The van der Waals surface area contributed by atoms with Crippen LogP contribution in [0.3, 0.4) is 0 Å². The van der Waals surface area contributed by atoms with E-state index in [0.29, 0.717) is 43.4 Å². The van der Waals surface area contributed by atoms with Gasteiger partial charge in [0.1, 0.15) is 6.23 Å². The van der Waals surface area contributed by atoms with Gasteiger partial charge in [-0.1, -0.05) is 12.1 Å². The van der Waals surface area contributed by atoms with Gasteiger partial charge in [0.05, 0.1) is 12.3 Å². The molecule has 0 spiro atoms. The first kappa shape index (κ1) is 17.6. The molecular weight excluding hydrogens is 338 g/mol. The van der Waals surface area contributed by atoms with Crippen molar-refractivity contribution in [1.82, 2.24) is 9.78 Å². The Bertz CT molecular complexity index is 763. The summed E-state index contributed by atoms with van der Waals surface area (Å²) >= 11 is 0. The number of nitrogens with zero attached hydrogens (tertiary/aromatic N) is 2. The van der Waals surface area contributed by atoms with Gasteiger partial charge in [-0.05, 0) is 56.4 Å². The Labute approximate surface area is 151 Å². The van der Waals surface area contributed by atoms with Gasteiger partial charge in [-0.25, -0.2) is 13.5 Å². The molecule has 1 saturated carbocycles. The molecule has 1 aromatic heterocycles. The highest BCUT2D eigenvalue weighted by Gasteiger charge is 2.26. The second-order valence-corrected chi connectivity index (χ2v) is 7.37. The van der Waals surface area contributed by atoms with Crippen molar-refractivity contribution in [2.75, 3.05) is 6.61 Å². The maximum atomic E-state index is 14.7. The maximum Gasteiger partial charge on any atom is 0.167 e. The Kier molecular flexibility index (Phi) is 5.05. The predicted octanol–water partition coefficient (Wildman–Crippen LogP) is 4.55. The van der Waals surface area contributed by atoms with E-state index in [2.05, 4.69) is 5.10 Å². The molecule has 1 saturated heterocycles. The summed E-state index contributed by atoms with van der Waals surface area (Å²) in [5, 5.41) is 13.9. The first-order valence-corrected chi connectivity index (χ1v) is 9.45. The van der Waals surface area contributed by atoms with Crippen LogP contribution in [0.1, 0.15) is 62.7 Å². The fourth-order valence-electron chi connectivity index (χ4n) is 4.06. The highest BCUT2D eigenvalue weighted by atomic mass is 19.2. The Morgan fingerprint density at radius 2 is 1.85 bits per heavy atom. The van der Waals surface area contributed by atoms with Crippen LogP contribution in [0.25, 0.3) is 11.1 Å². The largest absolute Gasteiger partial charge is 0.393 e. The van der Waals surface area contributed by atoms with Gasteiger partial charge in [0.15, 0.2) is 11.6 Å². The van der Waals surface area contributed by atoms with Gasteiger partial charge >= 0.3 is 0 Å². The first-order valence-electron chi connectivity index (χ1n) is 9.45. The van der Waals surface area contributed by atoms with Crippen LogP contribution >= 0.6 is 0 Å². The van der Waals surface area contributed by atoms with E-state index in [1.165, 1.54) is 0 Å². The van der Waals surface area contributed by atoms with Crippen molar-refractivity contribution in [2.45, 2.75) is 63.2 Å². The quantitative estimate of drug-likeness (QED) is 0.872. The third-order valence-corrected chi connectivity index (χ3v) is 5.61. The van der Waals surface area contributed by atoms with Crippen LogP contribution in [0.2, 0.25) is 0 Å². The zero-order valence-electron chi connectivity index (χ0n) is 14.7. The topological polar surface area (TPSA) is 47.3 Å². The van der Waals surface area contributed by atoms with Gasteiger partial charge in [0.2, 0.25) is 0 Å².